The van der Waals surface area contributed by atoms with Gasteiger partial charge in [0.1, 0.15) is 5.75 Å². The predicted molar refractivity (Wildman–Crippen MR) is 125 cm³/mol. The maximum Gasteiger partial charge on any atom is 0.264 e. The number of methoxy groups -OCH3 is 1. The SMILES string of the molecule is COc1ccccc1CCNC(=O)c1cccc(S(=O)(=O)N2c3ccccc3CC2C)c1. The molecule has 1 aliphatic heterocycles. The number of anilines is 1. The summed E-state index contributed by atoms with van der Waals surface area (Å²) in [6.07, 6.45) is 1.27. The number of nitrogens with one attached hydrogen (secondary N) is 1. The molecule has 1 atom stereocenters. The molecule has 0 aromatic heterocycles. The van der Waals surface area contributed by atoms with Gasteiger partial charge in [0.25, 0.3) is 15.9 Å². The maximum atomic E-state index is 13.4. The number of sulfonamides is 1. The zero-order chi connectivity index (χ0) is 22.7. The van der Waals surface area contributed by atoms with E-state index in [0.717, 1.165) is 16.9 Å². The Morgan fingerprint density at radius 1 is 1.06 bits per heavy atom. The first-order valence-electron chi connectivity index (χ1n) is 10.5. The molecular weight excluding hydrogens is 424 g/mol. The number of amides is 1. The third-order valence-corrected chi connectivity index (χ3v) is 7.59. The van der Waals surface area contributed by atoms with E-state index in [1.807, 2.05) is 55.5 Å². The number of fused-ring (bicyclic) bond motifs is 1. The summed E-state index contributed by atoms with van der Waals surface area (Å²) < 4.78 is 33.7. The van der Waals surface area contributed by atoms with Crippen LogP contribution in [0.1, 0.15) is 28.4 Å². The van der Waals surface area contributed by atoms with Crippen molar-refractivity contribution in [2.45, 2.75) is 30.7 Å². The number of carbonyl (C=O) groups is 1. The number of hydrogen-bond acceptors (Lipinski definition) is 4. The lowest BCUT2D eigenvalue weighted by Gasteiger charge is -2.24. The Labute approximate surface area is 188 Å². The summed E-state index contributed by atoms with van der Waals surface area (Å²) in [6, 6.07) is 21.2. The van der Waals surface area contributed by atoms with Gasteiger partial charge in [-0.05, 0) is 61.2 Å². The normalized spacial score (nSPS) is 15.3. The smallest absolute Gasteiger partial charge is 0.264 e. The zero-order valence-electron chi connectivity index (χ0n) is 18.1. The minimum Gasteiger partial charge on any atom is -0.496 e. The standard InChI is InChI=1S/C25H26N2O4S/c1-18-16-20-9-3-5-12-23(20)27(18)32(29,30)22-11-7-10-21(17-22)25(28)26-15-14-19-8-4-6-13-24(19)31-2/h3-13,17-18H,14-16H2,1-2H3,(H,26,28). The monoisotopic (exact) mass is 450 g/mol. The van der Waals surface area contributed by atoms with Crippen molar-refractivity contribution in [3.8, 4) is 5.75 Å². The lowest BCUT2D eigenvalue weighted by molar-refractivity contribution is 0.0954. The van der Waals surface area contributed by atoms with Crippen LogP contribution in [0.15, 0.2) is 77.7 Å². The average Bonchev–Trinajstić information content (AvgIpc) is 3.15. The van der Waals surface area contributed by atoms with Gasteiger partial charge in [0.15, 0.2) is 0 Å². The minimum atomic E-state index is -3.79. The van der Waals surface area contributed by atoms with Crippen LogP contribution in [0.4, 0.5) is 5.69 Å². The topological polar surface area (TPSA) is 75.7 Å². The van der Waals surface area contributed by atoms with E-state index in [4.69, 9.17) is 4.74 Å². The Bertz CT molecular complexity index is 1240. The average molecular weight is 451 g/mol. The van der Waals surface area contributed by atoms with Crippen LogP contribution in [0.25, 0.3) is 0 Å². The molecule has 3 aromatic carbocycles. The molecule has 6 nitrogen and oxygen atoms in total. The fraction of sp³-hybridized carbons (Fsp3) is 0.240. The third-order valence-electron chi connectivity index (χ3n) is 5.67. The highest BCUT2D eigenvalue weighted by Crippen LogP contribution is 2.36. The second kappa shape index (κ2) is 9.04. The van der Waals surface area contributed by atoms with E-state index in [1.54, 1.807) is 19.2 Å². The molecule has 1 N–H and O–H groups in total. The van der Waals surface area contributed by atoms with Gasteiger partial charge in [-0.3, -0.25) is 9.10 Å². The fourth-order valence-electron chi connectivity index (χ4n) is 4.14. The van der Waals surface area contributed by atoms with Crippen molar-refractivity contribution in [2.75, 3.05) is 18.0 Å². The Morgan fingerprint density at radius 2 is 1.81 bits per heavy atom. The zero-order valence-corrected chi connectivity index (χ0v) is 18.9. The molecule has 0 spiro atoms. The first-order chi connectivity index (χ1) is 15.4. The summed E-state index contributed by atoms with van der Waals surface area (Å²) in [5.41, 5.74) is 3.01. The first-order valence-corrected chi connectivity index (χ1v) is 12.0. The number of carbonyl (C=O) groups excluding carboxylic acids is 1. The minimum absolute atomic E-state index is 0.110. The molecule has 4 rings (SSSR count). The van der Waals surface area contributed by atoms with Crippen molar-refractivity contribution in [3.63, 3.8) is 0 Å². The fourth-order valence-corrected chi connectivity index (χ4v) is 5.88. The Balaban J connectivity index is 1.50. The molecule has 0 aliphatic carbocycles. The van der Waals surface area contributed by atoms with Gasteiger partial charge in [0.05, 0.1) is 17.7 Å². The van der Waals surface area contributed by atoms with Gasteiger partial charge < -0.3 is 10.1 Å². The second-order valence-corrected chi connectivity index (χ2v) is 9.64. The molecule has 1 amide bonds. The molecule has 7 heteroatoms. The summed E-state index contributed by atoms with van der Waals surface area (Å²) >= 11 is 0. The number of rotatable bonds is 7. The molecule has 32 heavy (non-hydrogen) atoms. The predicted octanol–water partition coefficient (Wildman–Crippen LogP) is 3.81. The Kier molecular flexibility index (Phi) is 6.19. The van der Waals surface area contributed by atoms with E-state index < -0.39 is 10.0 Å². The van der Waals surface area contributed by atoms with Gasteiger partial charge in [-0.15, -0.1) is 0 Å². The Hall–Kier alpha value is -3.32. The molecule has 3 aromatic rings. The van der Waals surface area contributed by atoms with Crippen LogP contribution < -0.4 is 14.4 Å². The van der Waals surface area contributed by atoms with Crippen molar-refractivity contribution in [3.05, 3.63) is 89.5 Å². The lowest BCUT2D eigenvalue weighted by Crippen LogP contribution is -2.36. The van der Waals surface area contributed by atoms with Gasteiger partial charge in [-0.2, -0.15) is 0 Å². The molecule has 1 unspecified atom stereocenters. The molecule has 0 saturated heterocycles. The number of ether oxygens (including phenoxy) is 1. The highest BCUT2D eigenvalue weighted by Gasteiger charge is 2.36. The molecular formula is C25H26N2O4S. The van der Waals surface area contributed by atoms with E-state index in [1.165, 1.54) is 16.4 Å². The first kappa shape index (κ1) is 21.9. The van der Waals surface area contributed by atoms with Crippen molar-refractivity contribution < 1.29 is 17.9 Å². The van der Waals surface area contributed by atoms with Gasteiger partial charge in [0.2, 0.25) is 0 Å². The van der Waals surface area contributed by atoms with E-state index in [0.29, 0.717) is 30.6 Å². The maximum absolute atomic E-state index is 13.4. The molecule has 166 valence electrons. The van der Waals surface area contributed by atoms with Crippen molar-refractivity contribution in [1.29, 1.82) is 0 Å². The summed E-state index contributed by atoms with van der Waals surface area (Å²) in [7, 11) is -2.18. The van der Waals surface area contributed by atoms with E-state index in [9.17, 15) is 13.2 Å². The van der Waals surface area contributed by atoms with Crippen LogP contribution in [0.2, 0.25) is 0 Å². The number of benzene rings is 3. The molecule has 0 fully saturated rings. The summed E-state index contributed by atoms with van der Waals surface area (Å²) in [6.45, 7) is 2.30. The number of nitrogens with zero attached hydrogens (tertiary/aromatic N) is 1. The van der Waals surface area contributed by atoms with Crippen LogP contribution in [0.3, 0.4) is 0 Å². The quantitative estimate of drug-likeness (QED) is 0.594. The van der Waals surface area contributed by atoms with Crippen molar-refractivity contribution >= 4 is 21.6 Å². The van der Waals surface area contributed by atoms with Crippen LogP contribution in [-0.2, 0) is 22.9 Å². The van der Waals surface area contributed by atoms with Crippen LogP contribution in [0.5, 0.6) is 5.75 Å². The largest absolute Gasteiger partial charge is 0.496 e. The third kappa shape index (κ3) is 4.21. The van der Waals surface area contributed by atoms with Crippen molar-refractivity contribution in [1.82, 2.24) is 5.32 Å². The van der Waals surface area contributed by atoms with E-state index in [2.05, 4.69) is 5.32 Å². The molecule has 0 radical (unpaired) electrons. The molecule has 1 aliphatic rings. The lowest BCUT2D eigenvalue weighted by atomic mass is 10.1. The van der Waals surface area contributed by atoms with Gasteiger partial charge in [-0.25, -0.2) is 8.42 Å². The highest BCUT2D eigenvalue weighted by atomic mass is 32.2. The van der Waals surface area contributed by atoms with E-state index in [-0.39, 0.29) is 16.8 Å². The summed E-state index contributed by atoms with van der Waals surface area (Å²) in [5.74, 6) is 0.460. The second-order valence-electron chi connectivity index (χ2n) is 7.83. The van der Waals surface area contributed by atoms with Crippen LogP contribution >= 0.6 is 0 Å². The van der Waals surface area contributed by atoms with Gasteiger partial charge >= 0.3 is 0 Å². The summed E-state index contributed by atoms with van der Waals surface area (Å²) in [4.78, 5) is 12.8. The molecule has 1 heterocycles. The molecule has 0 bridgehead atoms. The highest BCUT2D eigenvalue weighted by molar-refractivity contribution is 7.92. The van der Waals surface area contributed by atoms with Crippen LogP contribution in [0, 0.1) is 0 Å². The van der Waals surface area contributed by atoms with Gasteiger partial charge in [-0.1, -0.05) is 42.5 Å². The van der Waals surface area contributed by atoms with Crippen LogP contribution in [-0.4, -0.2) is 34.0 Å². The van der Waals surface area contributed by atoms with E-state index >= 15 is 0 Å². The summed E-state index contributed by atoms with van der Waals surface area (Å²) in [5, 5.41) is 2.87. The van der Waals surface area contributed by atoms with Crippen molar-refractivity contribution in [2.24, 2.45) is 0 Å². The number of hydrogen-bond donors (Lipinski definition) is 1. The number of para-hydroxylation sites is 2. The van der Waals surface area contributed by atoms with Gasteiger partial charge in [0, 0.05) is 18.2 Å². The molecule has 0 saturated carbocycles. The Morgan fingerprint density at radius 3 is 2.62 bits per heavy atom.